The molecule has 1 aromatic carbocycles. The number of nitriles is 1. The molecule has 0 unspecified atom stereocenters. The number of nitrogens with zero attached hydrogens (tertiary/aromatic N) is 3. The van der Waals surface area contributed by atoms with Gasteiger partial charge in [0.2, 0.25) is 0 Å². The summed E-state index contributed by atoms with van der Waals surface area (Å²) in [7, 11) is 0. The van der Waals surface area contributed by atoms with E-state index in [2.05, 4.69) is 6.07 Å². The molecule has 1 aliphatic rings. The zero-order valence-electron chi connectivity index (χ0n) is 10.3. The second-order valence-electron chi connectivity index (χ2n) is 4.39. The topological polar surface area (TPSA) is 67.6 Å². The van der Waals surface area contributed by atoms with Crippen LogP contribution in [0.1, 0.15) is 10.4 Å². The van der Waals surface area contributed by atoms with Crippen molar-refractivity contribution >= 4 is 17.5 Å². The summed E-state index contributed by atoms with van der Waals surface area (Å²) < 4.78 is 0. The van der Waals surface area contributed by atoms with Gasteiger partial charge in [-0.1, -0.05) is 11.6 Å². The maximum absolute atomic E-state index is 12.2. The number of rotatable bonds is 2. The predicted molar refractivity (Wildman–Crippen MR) is 71.1 cm³/mol. The van der Waals surface area contributed by atoms with Crippen LogP contribution in [0.5, 0.6) is 5.75 Å². The van der Waals surface area contributed by atoms with Crippen LogP contribution >= 0.6 is 11.6 Å². The Morgan fingerprint density at radius 2 is 2.05 bits per heavy atom. The molecule has 0 aromatic heterocycles. The number of phenols is 1. The lowest BCUT2D eigenvalue weighted by Crippen LogP contribution is -2.48. The fraction of sp³-hybridized carbons (Fsp3) is 0.385. The van der Waals surface area contributed by atoms with Crippen molar-refractivity contribution in [2.24, 2.45) is 0 Å². The van der Waals surface area contributed by atoms with Crippen LogP contribution in [0.25, 0.3) is 0 Å². The quantitative estimate of drug-likeness (QED) is 0.829. The van der Waals surface area contributed by atoms with E-state index in [1.807, 2.05) is 4.90 Å². The number of aromatic hydroxyl groups is 1. The summed E-state index contributed by atoms with van der Waals surface area (Å²) in [5.74, 6) is -0.303. The third-order valence-corrected chi connectivity index (χ3v) is 3.38. The fourth-order valence-electron chi connectivity index (χ4n) is 2.07. The van der Waals surface area contributed by atoms with E-state index in [9.17, 15) is 9.90 Å². The first-order valence-corrected chi connectivity index (χ1v) is 6.36. The Hall–Kier alpha value is -1.77. The Morgan fingerprint density at radius 3 is 2.63 bits per heavy atom. The number of amides is 1. The van der Waals surface area contributed by atoms with Gasteiger partial charge in [0.25, 0.3) is 5.91 Å². The minimum Gasteiger partial charge on any atom is -0.507 e. The van der Waals surface area contributed by atoms with Gasteiger partial charge in [0.05, 0.1) is 18.2 Å². The number of benzene rings is 1. The van der Waals surface area contributed by atoms with Gasteiger partial charge < -0.3 is 10.0 Å². The number of halogens is 1. The Bertz CT molecular complexity index is 519. The van der Waals surface area contributed by atoms with Crippen molar-refractivity contribution in [2.75, 3.05) is 32.7 Å². The van der Waals surface area contributed by atoms with Gasteiger partial charge in [0.15, 0.2) is 0 Å². The molecule has 0 aliphatic carbocycles. The molecule has 1 aliphatic heterocycles. The van der Waals surface area contributed by atoms with Gasteiger partial charge in [-0.15, -0.1) is 0 Å². The molecule has 19 heavy (non-hydrogen) atoms. The molecule has 6 heteroatoms. The number of piperazine rings is 1. The minimum absolute atomic E-state index is 0.100. The standard InChI is InChI=1S/C13H14ClN3O2/c14-10-1-2-11(12(18)9-10)13(19)17-7-5-16(4-3-15)6-8-17/h1-2,9,18H,4-8H2. The van der Waals surface area contributed by atoms with E-state index < -0.39 is 0 Å². The fourth-order valence-corrected chi connectivity index (χ4v) is 2.23. The van der Waals surface area contributed by atoms with Gasteiger partial charge in [-0.2, -0.15) is 5.26 Å². The summed E-state index contributed by atoms with van der Waals surface area (Å²) in [5, 5.41) is 18.8. The first kappa shape index (κ1) is 13.7. The van der Waals surface area contributed by atoms with Crippen molar-refractivity contribution in [3.63, 3.8) is 0 Å². The lowest BCUT2D eigenvalue weighted by Gasteiger charge is -2.33. The van der Waals surface area contributed by atoms with Gasteiger partial charge in [0.1, 0.15) is 5.75 Å². The second-order valence-corrected chi connectivity index (χ2v) is 4.82. The first-order chi connectivity index (χ1) is 9.11. The predicted octanol–water partition coefficient (Wildman–Crippen LogP) is 1.33. The minimum atomic E-state index is -0.203. The molecule has 0 atom stereocenters. The van der Waals surface area contributed by atoms with E-state index in [1.165, 1.54) is 12.1 Å². The van der Waals surface area contributed by atoms with E-state index in [0.29, 0.717) is 37.7 Å². The molecule has 1 heterocycles. The van der Waals surface area contributed by atoms with E-state index in [0.717, 1.165) is 0 Å². The second kappa shape index (κ2) is 5.91. The monoisotopic (exact) mass is 279 g/mol. The van der Waals surface area contributed by atoms with E-state index in [4.69, 9.17) is 16.9 Å². The summed E-state index contributed by atoms with van der Waals surface area (Å²) in [6.07, 6.45) is 0. The van der Waals surface area contributed by atoms with Crippen molar-refractivity contribution in [3.8, 4) is 11.8 Å². The molecule has 1 fully saturated rings. The molecule has 2 rings (SSSR count). The average molecular weight is 280 g/mol. The SMILES string of the molecule is N#CCN1CCN(C(=O)c2ccc(Cl)cc2O)CC1. The maximum Gasteiger partial charge on any atom is 0.257 e. The normalized spacial score (nSPS) is 16.1. The van der Waals surface area contributed by atoms with Crippen molar-refractivity contribution < 1.29 is 9.90 Å². The van der Waals surface area contributed by atoms with Gasteiger partial charge >= 0.3 is 0 Å². The van der Waals surface area contributed by atoms with Crippen LogP contribution in [0.4, 0.5) is 0 Å². The summed E-state index contributed by atoms with van der Waals surface area (Å²) in [4.78, 5) is 15.9. The number of hydrogen-bond acceptors (Lipinski definition) is 4. The molecule has 0 spiro atoms. The van der Waals surface area contributed by atoms with Crippen molar-refractivity contribution in [1.82, 2.24) is 9.80 Å². The lowest BCUT2D eigenvalue weighted by atomic mass is 10.1. The molecule has 1 aromatic rings. The molecule has 1 saturated heterocycles. The van der Waals surface area contributed by atoms with Gasteiger partial charge in [-0.05, 0) is 18.2 Å². The van der Waals surface area contributed by atoms with Crippen LogP contribution in [-0.2, 0) is 0 Å². The zero-order valence-corrected chi connectivity index (χ0v) is 11.1. The number of carbonyl (C=O) groups excluding carboxylic acids is 1. The van der Waals surface area contributed by atoms with Crippen molar-refractivity contribution in [3.05, 3.63) is 28.8 Å². The molecular formula is C13H14ClN3O2. The van der Waals surface area contributed by atoms with Crippen LogP contribution in [0.15, 0.2) is 18.2 Å². The van der Waals surface area contributed by atoms with Gasteiger partial charge in [-0.25, -0.2) is 0 Å². The van der Waals surface area contributed by atoms with E-state index in [1.54, 1.807) is 11.0 Å². The van der Waals surface area contributed by atoms with Gasteiger partial charge in [0, 0.05) is 31.2 Å². The van der Waals surface area contributed by atoms with Crippen LogP contribution in [0.3, 0.4) is 0 Å². The van der Waals surface area contributed by atoms with Crippen LogP contribution in [-0.4, -0.2) is 53.5 Å². The molecule has 100 valence electrons. The Kier molecular flexibility index (Phi) is 4.25. The Balaban J connectivity index is 2.03. The average Bonchev–Trinajstić information content (AvgIpc) is 2.39. The summed E-state index contributed by atoms with van der Waals surface area (Å²) in [6.45, 7) is 2.85. The van der Waals surface area contributed by atoms with E-state index >= 15 is 0 Å². The summed E-state index contributed by atoms with van der Waals surface area (Å²) in [5.41, 5.74) is 0.262. The van der Waals surface area contributed by atoms with Crippen molar-refractivity contribution in [1.29, 1.82) is 5.26 Å². The molecule has 0 radical (unpaired) electrons. The highest BCUT2D eigenvalue weighted by Crippen LogP contribution is 2.23. The highest BCUT2D eigenvalue weighted by molar-refractivity contribution is 6.30. The van der Waals surface area contributed by atoms with Crippen LogP contribution in [0.2, 0.25) is 5.02 Å². The first-order valence-electron chi connectivity index (χ1n) is 5.99. The Morgan fingerprint density at radius 1 is 1.37 bits per heavy atom. The molecule has 0 saturated carbocycles. The number of carbonyl (C=O) groups is 1. The van der Waals surface area contributed by atoms with Gasteiger partial charge in [-0.3, -0.25) is 9.69 Å². The third-order valence-electron chi connectivity index (χ3n) is 3.14. The summed E-state index contributed by atoms with van der Waals surface area (Å²) in [6, 6.07) is 6.57. The number of phenolic OH excluding ortho intramolecular Hbond substituents is 1. The van der Waals surface area contributed by atoms with Crippen LogP contribution in [0, 0.1) is 11.3 Å². The summed E-state index contributed by atoms with van der Waals surface area (Å²) >= 11 is 5.74. The molecule has 1 N–H and O–H groups in total. The molecule has 0 bridgehead atoms. The maximum atomic E-state index is 12.2. The zero-order chi connectivity index (χ0) is 13.8. The molecular weight excluding hydrogens is 266 g/mol. The van der Waals surface area contributed by atoms with Crippen LogP contribution < -0.4 is 0 Å². The molecule has 5 nitrogen and oxygen atoms in total. The third kappa shape index (κ3) is 3.16. The lowest BCUT2D eigenvalue weighted by molar-refractivity contribution is 0.0649. The highest BCUT2D eigenvalue weighted by atomic mass is 35.5. The highest BCUT2D eigenvalue weighted by Gasteiger charge is 2.23. The Labute approximate surface area is 116 Å². The van der Waals surface area contributed by atoms with Crippen molar-refractivity contribution in [2.45, 2.75) is 0 Å². The molecule has 1 amide bonds. The number of hydrogen-bond donors (Lipinski definition) is 1. The van der Waals surface area contributed by atoms with E-state index in [-0.39, 0.29) is 17.2 Å². The largest absolute Gasteiger partial charge is 0.507 e. The smallest absolute Gasteiger partial charge is 0.257 e.